The molecular formula is C13H11N3O2. The largest absolute Gasteiger partial charge is 0.418 e. The number of hydrogen-bond donors (Lipinski definition) is 2. The van der Waals surface area contributed by atoms with E-state index in [4.69, 9.17) is 10.2 Å². The van der Waals surface area contributed by atoms with Crippen molar-refractivity contribution in [3.8, 4) is 11.3 Å². The zero-order valence-corrected chi connectivity index (χ0v) is 9.73. The van der Waals surface area contributed by atoms with E-state index in [1.54, 1.807) is 6.07 Å². The Balaban J connectivity index is 2.32. The number of nitrogen functional groups attached to an aromatic ring is 1. The number of H-pyrrole nitrogens is 1. The number of oxazole rings is 1. The maximum atomic E-state index is 11.1. The summed E-state index contributed by atoms with van der Waals surface area (Å²) < 4.78 is 4.95. The van der Waals surface area contributed by atoms with Gasteiger partial charge in [0.05, 0.1) is 11.4 Å². The van der Waals surface area contributed by atoms with Crippen LogP contribution in [0, 0.1) is 6.92 Å². The van der Waals surface area contributed by atoms with Crippen LogP contribution in [-0.2, 0) is 0 Å². The molecule has 5 heteroatoms. The van der Waals surface area contributed by atoms with Crippen molar-refractivity contribution < 1.29 is 4.42 Å². The summed E-state index contributed by atoms with van der Waals surface area (Å²) in [5.41, 5.74) is 9.88. The van der Waals surface area contributed by atoms with Crippen LogP contribution in [0.25, 0.3) is 22.5 Å². The zero-order valence-electron chi connectivity index (χ0n) is 9.73. The number of nitrogens with one attached hydrogen (secondary N) is 1. The van der Waals surface area contributed by atoms with Crippen LogP contribution < -0.4 is 11.5 Å². The molecule has 0 aliphatic rings. The fourth-order valence-corrected chi connectivity index (χ4v) is 1.96. The molecule has 0 amide bonds. The molecule has 0 unspecified atom stereocenters. The summed E-state index contributed by atoms with van der Waals surface area (Å²) in [4.78, 5) is 17.9. The summed E-state index contributed by atoms with van der Waals surface area (Å²) in [5.74, 6) is -0.529. The minimum atomic E-state index is -0.529. The quantitative estimate of drug-likeness (QED) is 0.683. The number of nitrogens with two attached hydrogens (primary N) is 1. The van der Waals surface area contributed by atoms with Crippen LogP contribution in [0.4, 0.5) is 5.69 Å². The first kappa shape index (κ1) is 10.6. The molecule has 0 saturated heterocycles. The van der Waals surface area contributed by atoms with E-state index in [0.717, 1.165) is 11.1 Å². The van der Waals surface area contributed by atoms with Crippen LogP contribution in [0.2, 0.25) is 0 Å². The smallest absolute Gasteiger partial charge is 0.397 e. The van der Waals surface area contributed by atoms with Gasteiger partial charge < -0.3 is 10.2 Å². The molecule has 0 aliphatic heterocycles. The molecular weight excluding hydrogens is 230 g/mol. The van der Waals surface area contributed by atoms with Crippen molar-refractivity contribution in [2.75, 3.05) is 5.73 Å². The van der Waals surface area contributed by atoms with Crippen molar-refractivity contribution >= 4 is 16.9 Å². The van der Waals surface area contributed by atoms with Crippen molar-refractivity contribution in [1.82, 2.24) is 9.97 Å². The van der Waals surface area contributed by atoms with Gasteiger partial charge in [0.15, 0.2) is 0 Å². The second-order valence-corrected chi connectivity index (χ2v) is 4.11. The van der Waals surface area contributed by atoms with Crippen LogP contribution >= 0.6 is 0 Å². The Labute approximate surface area is 102 Å². The summed E-state index contributed by atoms with van der Waals surface area (Å²) in [5, 5.41) is 0. The molecule has 0 fully saturated rings. The van der Waals surface area contributed by atoms with Crippen LogP contribution in [0.3, 0.4) is 0 Å². The second-order valence-electron chi connectivity index (χ2n) is 4.11. The highest BCUT2D eigenvalue weighted by atomic mass is 16.4. The van der Waals surface area contributed by atoms with Gasteiger partial charge in [-0.05, 0) is 18.6 Å². The predicted molar refractivity (Wildman–Crippen MR) is 69.2 cm³/mol. The maximum absolute atomic E-state index is 11.1. The third-order valence-corrected chi connectivity index (χ3v) is 2.84. The zero-order chi connectivity index (χ0) is 12.7. The molecule has 18 heavy (non-hydrogen) atoms. The third-order valence-electron chi connectivity index (χ3n) is 2.84. The number of pyridine rings is 1. The van der Waals surface area contributed by atoms with E-state index in [2.05, 4.69) is 9.97 Å². The van der Waals surface area contributed by atoms with Gasteiger partial charge in [-0.1, -0.05) is 24.3 Å². The first-order valence-corrected chi connectivity index (χ1v) is 5.50. The summed E-state index contributed by atoms with van der Waals surface area (Å²) in [6.07, 6.45) is 0. The first-order valence-electron chi connectivity index (χ1n) is 5.50. The lowest BCUT2D eigenvalue weighted by Crippen LogP contribution is -1.95. The highest BCUT2D eigenvalue weighted by molar-refractivity contribution is 5.83. The lowest BCUT2D eigenvalue weighted by Gasteiger charge is -2.07. The Hall–Kier alpha value is -2.56. The second kappa shape index (κ2) is 3.73. The van der Waals surface area contributed by atoms with Gasteiger partial charge in [0.25, 0.3) is 0 Å². The predicted octanol–water partition coefficient (Wildman–Crippen LogP) is 2.07. The van der Waals surface area contributed by atoms with Gasteiger partial charge in [-0.25, -0.2) is 9.78 Å². The van der Waals surface area contributed by atoms with Crippen molar-refractivity contribution in [1.29, 1.82) is 0 Å². The summed E-state index contributed by atoms with van der Waals surface area (Å²) in [6, 6.07) is 9.44. The number of aromatic nitrogens is 2. The van der Waals surface area contributed by atoms with E-state index in [1.807, 2.05) is 31.2 Å². The topological polar surface area (TPSA) is 84.9 Å². The third kappa shape index (κ3) is 1.57. The van der Waals surface area contributed by atoms with Gasteiger partial charge >= 0.3 is 5.76 Å². The lowest BCUT2D eigenvalue weighted by molar-refractivity contribution is 0.546. The standard InChI is InChI=1S/C13H11N3O2/c1-7-4-2-3-5-8(7)11-9(14)6-10-12(16-11)18-13(17)15-10/h2-6H,14H2,1H3,(H,15,17). The normalized spacial score (nSPS) is 10.9. The van der Waals surface area contributed by atoms with Crippen LogP contribution in [0.5, 0.6) is 0 Å². The maximum Gasteiger partial charge on any atom is 0.418 e. The lowest BCUT2D eigenvalue weighted by atomic mass is 10.0. The first-order chi connectivity index (χ1) is 8.65. The minimum absolute atomic E-state index is 0.271. The van der Waals surface area contributed by atoms with Crippen LogP contribution in [-0.4, -0.2) is 9.97 Å². The average molecular weight is 241 g/mol. The van der Waals surface area contributed by atoms with E-state index in [0.29, 0.717) is 16.9 Å². The van der Waals surface area contributed by atoms with Crippen LogP contribution in [0.15, 0.2) is 39.5 Å². The molecule has 5 nitrogen and oxygen atoms in total. The fraction of sp³-hybridized carbons (Fsp3) is 0.0769. The Bertz CT molecular complexity index is 786. The SMILES string of the molecule is Cc1ccccc1-c1nc2oc(=O)[nH]c2cc1N. The Morgan fingerprint density at radius 3 is 2.89 bits per heavy atom. The number of fused-ring (bicyclic) bond motifs is 1. The molecule has 0 spiro atoms. The molecule has 0 radical (unpaired) electrons. The van der Waals surface area contributed by atoms with E-state index >= 15 is 0 Å². The summed E-state index contributed by atoms with van der Waals surface area (Å²) in [7, 11) is 0. The van der Waals surface area contributed by atoms with Gasteiger partial charge in [-0.15, -0.1) is 0 Å². The number of anilines is 1. The molecule has 0 atom stereocenters. The van der Waals surface area contributed by atoms with Gasteiger partial charge in [0, 0.05) is 5.56 Å². The molecule has 3 aromatic rings. The van der Waals surface area contributed by atoms with E-state index < -0.39 is 5.76 Å². The number of benzene rings is 1. The highest BCUT2D eigenvalue weighted by Crippen LogP contribution is 2.28. The molecule has 2 heterocycles. The Kier molecular flexibility index (Phi) is 2.19. The summed E-state index contributed by atoms with van der Waals surface area (Å²) in [6.45, 7) is 1.98. The Morgan fingerprint density at radius 2 is 2.11 bits per heavy atom. The van der Waals surface area contributed by atoms with Crippen molar-refractivity contribution in [3.05, 3.63) is 46.4 Å². The molecule has 0 saturated carbocycles. The average Bonchev–Trinajstić information content (AvgIpc) is 2.68. The number of aromatic amines is 1. The summed E-state index contributed by atoms with van der Waals surface area (Å²) >= 11 is 0. The van der Waals surface area contributed by atoms with Crippen molar-refractivity contribution in [2.24, 2.45) is 0 Å². The molecule has 0 aliphatic carbocycles. The fourth-order valence-electron chi connectivity index (χ4n) is 1.96. The van der Waals surface area contributed by atoms with Gasteiger partial charge in [-0.2, -0.15) is 0 Å². The molecule has 3 rings (SSSR count). The minimum Gasteiger partial charge on any atom is -0.397 e. The van der Waals surface area contributed by atoms with Gasteiger partial charge in [-0.3, -0.25) is 4.98 Å². The van der Waals surface area contributed by atoms with Crippen molar-refractivity contribution in [3.63, 3.8) is 0 Å². The van der Waals surface area contributed by atoms with E-state index in [1.165, 1.54) is 0 Å². The number of rotatable bonds is 1. The van der Waals surface area contributed by atoms with E-state index in [9.17, 15) is 4.79 Å². The monoisotopic (exact) mass is 241 g/mol. The van der Waals surface area contributed by atoms with Crippen molar-refractivity contribution in [2.45, 2.75) is 6.92 Å². The highest BCUT2D eigenvalue weighted by Gasteiger charge is 2.11. The molecule has 90 valence electrons. The van der Waals surface area contributed by atoms with Gasteiger partial charge in [0.1, 0.15) is 5.52 Å². The Morgan fingerprint density at radius 1 is 1.33 bits per heavy atom. The number of aryl methyl sites for hydroxylation is 1. The van der Waals surface area contributed by atoms with Gasteiger partial charge in [0.2, 0.25) is 5.71 Å². The number of nitrogens with zero attached hydrogens (tertiary/aromatic N) is 1. The number of hydrogen-bond acceptors (Lipinski definition) is 4. The molecule has 3 N–H and O–H groups in total. The van der Waals surface area contributed by atoms with Crippen LogP contribution in [0.1, 0.15) is 5.56 Å². The molecule has 0 bridgehead atoms. The molecule has 1 aromatic carbocycles. The molecule has 2 aromatic heterocycles. The van der Waals surface area contributed by atoms with E-state index in [-0.39, 0.29) is 5.71 Å².